The second-order valence-corrected chi connectivity index (χ2v) is 6.97. The minimum atomic E-state index is 0.487. The summed E-state index contributed by atoms with van der Waals surface area (Å²) in [4.78, 5) is 9.49. The number of aromatic nitrogens is 1. The molecule has 2 aromatic rings. The molecule has 0 spiro atoms. The lowest BCUT2D eigenvalue weighted by molar-refractivity contribution is 0.133. The number of methoxy groups -OCH3 is 2. The van der Waals surface area contributed by atoms with Gasteiger partial charge in [0, 0.05) is 37.9 Å². The number of hydrogen-bond donors (Lipinski definition) is 0. The van der Waals surface area contributed by atoms with E-state index in [1.807, 2.05) is 18.3 Å². The zero-order valence-electron chi connectivity index (χ0n) is 16.2. The van der Waals surface area contributed by atoms with Crippen LogP contribution in [0, 0.1) is 0 Å². The summed E-state index contributed by atoms with van der Waals surface area (Å²) in [5.74, 6) is 2.65. The Morgan fingerprint density at radius 1 is 1.00 bits per heavy atom. The minimum absolute atomic E-state index is 0.487. The van der Waals surface area contributed by atoms with Crippen LogP contribution >= 0.6 is 0 Å². The maximum Gasteiger partial charge on any atom is 0.160 e. The van der Waals surface area contributed by atoms with Crippen LogP contribution in [0.15, 0.2) is 42.6 Å². The highest BCUT2D eigenvalue weighted by Gasteiger charge is 2.29. The van der Waals surface area contributed by atoms with Crippen molar-refractivity contribution >= 4 is 5.82 Å². The van der Waals surface area contributed by atoms with Crippen LogP contribution in [0.2, 0.25) is 0 Å². The lowest BCUT2D eigenvalue weighted by Crippen LogP contribution is -2.57. The van der Waals surface area contributed by atoms with Gasteiger partial charge in [0.1, 0.15) is 5.82 Å². The van der Waals surface area contributed by atoms with Crippen LogP contribution in [0.3, 0.4) is 0 Å². The third kappa shape index (κ3) is 4.10. The quantitative estimate of drug-likeness (QED) is 0.795. The summed E-state index contributed by atoms with van der Waals surface area (Å²) >= 11 is 0. The standard InChI is InChI=1S/C21H29N3O2/c1-16-14-23(21-7-5-6-11-22-21)15-17(2)24(16)12-10-18-8-9-19(25-3)20(13-18)26-4/h5-9,11,13,16-17H,10,12,14-15H2,1-4H3/t16-,17-/m1/s1. The van der Waals surface area contributed by atoms with Gasteiger partial charge in [-0.15, -0.1) is 0 Å². The van der Waals surface area contributed by atoms with Gasteiger partial charge in [-0.2, -0.15) is 0 Å². The Morgan fingerprint density at radius 2 is 1.73 bits per heavy atom. The molecule has 3 rings (SSSR count). The molecule has 0 radical (unpaired) electrons. The molecule has 1 aliphatic heterocycles. The van der Waals surface area contributed by atoms with Gasteiger partial charge < -0.3 is 14.4 Å². The number of rotatable bonds is 6. The molecule has 2 heterocycles. The van der Waals surface area contributed by atoms with E-state index in [9.17, 15) is 0 Å². The van der Waals surface area contributed by atoms with E-state index in [1.54, 1.807) is 14.2 Å². The van der Waals surface area contributed by atoms with Crippen LogP contribution in [0.25, 0.3) is 0 Å². The molecule has 0 amide bonds. The number of piperazine rings is 1. The van der Waals surface area contributed by atoms with E-state index in [-0.39, 0.29) is 0 Å². The van der Waals surface area contributed by atoms with Crippen LogP contribution < -0.4 is 14.4 Å². The Bertz CT molecular complexity index is 696. The monoisotopic (exact) mass is 355 g/mol. The number of anilines is 1. The second kappa shape index (κ2) is 8.41. The summed E-state index contributed by atoms with van der Waals surface area (Å²) in [6.07, 6.45) is 2.87. The van der Waals surface area contributed by atoms with Crippen LogP contribution in [-0.4, -0.2) is 55.8 Å². The first-order valence-corrected chi connectivity index (χ1v) is 9.25. The summed E-state index contributed by atoms with van der Waals surface area (Å²) in [5.41, 5.74) is 1.27. The molecule has 1 aromatic carbocycles. The number of nitrogens with zero attached hydrogens (tertiary/aromatic N) is 3. The van der Waals surface area contributed by atoms with E-state index in [0.29, 0.717) is 12.1 Å². The van der Waals surface area contributed by atoms with Gasteiger partial charge >= 0.3 is 0 Å². The zero-order chi connectivity index (χ0) is 18.5. The predicted molar refractivity (Wildman–Crippen MR) is 105 cm³/mol. The van der Waals surface area contributed by atoms with Crippen LogP contribution in [-0.2, 0) is 6.42 Å². The van der Waals surface area contributed by atoms with E-state index in [4.69, 9.17) is 9.47 Å². The first-order chi connectivity index (χ1) is 12.6. The van der Waals surface area contributed by atoms with Gasteiger partial charge in [0.15, 0.2) is 11.5 Å². The highest BCUT2D eigenvalue weighted by atomic mass is 16.5. The Morgan fingerprint density at radius 3 is 2.35 bits per heavy atom. The SMILES string of the molecule is COc1ccc(CCN2[C@H](C)CN(c3ccccn3)C[C@H]2C)cc1OC. The molecule has 1 fully saturated rings. The van der Waals surface area contributed by atoms with E-state index in [2.05, 4.69) is 52.9 Å². The topological polar surface area (TPSA) is 37.8 Å². The Kier molecular flexibility index (Phi) is 5.99. The van der Waals surface area contributed by atoms with Crippen molar-refractivity contribution in [3.8, 4) is 11.5 Å². The number of ether oxygens (including phenoxy) is 2. The van der Waals surface area contributed by atoms with E-state index in [0.717, 1.165) is 43.4 Å². The van der Waals surface area contributed by atoms with Gasteiger partial charge in [-0.05, 0) is 50.1 Å². The molecule has 1 aliphatic rings. The number of benzene rings is 1. The van der Waals surface area contributed by atoms with Gasteiger partial charge in [-0.3, -0.25) is 4.90 Å². The van der Waals surface area contributed by atoms with Crippen molar-refractivity contribution in [2.45, 2.75) is 32.4 Å². The van der Waals surface area contributed by atoms with Crippen molar-refractivity contribution < 1.29 is 9.47 Å². The first-order valence-electron chi connectivity index (χ1n) is 9.25. The largest absolute Gasteiger partial charge is 0.493 e. The highest BCUT2D eigenvalue weighted by molar-refractivity contribution is 5.43. The zero-order valence-corrected chi connectivity index (χ0v) is 16.2. The molecule has 5 heteroatoms. The molecular formula is C21H29N3O2. The molecule has 0 unspecified atom stereocenters. The summed E-state index contributed by atoms with van der Waals surface area (Å²) in [7, 11) is 3.35. The van der Waals surface area contributed by atoms with Crippen molar-refractivity contribution in [1.82, 2.24) is 9.88 Å². The number of hydrogen-bond acceptors (Lipinski definition) is 5. The predicted octanol–water partition coefficient (Wildman–Crippen LogP) is 3.24. The molecule has 1 aromatic heterocycles. The van der Waals surface area contributed by atoms with Crippen molar-refractivity contribution in [2.24, 2.45) is 0 Å². The molecule has 0 saturated carbocycles. The second-order valence-electron chi connectivity index (χ2n) is 6.97. The Balaban J connectivity index is 1.62. The maximum absolute atomic E-state index is 5.42. The van der Waals surface area contributed by atoms with E-state index < -0.39 is 0 Å². The van der Waals surface area contributed by atoms with Crippen molar-refractivity contribution in [3.63, 3.8) is 0 Å². The molecule has 2 atom stereocenters. The fraction of sp³-hybridized carbons (Fsp3) is 0.476. The minimum Gasteiger partial charge on any atom is -0.493 e. The van der Waals surface area contributed by atoms with Gasteiger partial charge in [0.05, 0.1) is 14.2 Å². The summed E-state index contributed by atoms with van der Waals surface area (Å²) in [6.45, 7) is 7.66. The van der Waals surface area contributed by atoms with Crippen molar-refractivity contribution in [1.29, 1.82) is 0 Å². The summed E-state index contributed by atoms with van der Waals surface area (Å²) in [5, 5.41) is 0. The molecular weight excluding hydrogens is 326 g/mol. The average Bonchev–Trinajstić information content (AvgIpc) is 2.67. The average molecular weight is 355 g/mol. The molecule has 26 heavy (non-hydrogen) atoms. The lowest BCUT2D eigenvalue weighted by Gasteiger charge is -2.45. The van der Waals surface area contributed by atoms with E-state index >= 15 is 0 Å². The lowest BCUT2D eigenvalue weighted by atomic mass is 10.1. The summed E-state index contributed by atoms with van der Waals surface area (Å²) < 4.78 is 10.7. The maximum atomic E-state index is 5.42. The van der Waals surface area contributed by atoms with Crippen LogP contribution in [0.5, 0.6) is 11.5 Å². The van der Waals surface area contributed by atoms with Gasteiger partial charge in [-0.1, -0.05) is 12.1 Å². The van der Waals surface area contributed by atoms with E-state index in [1.165, 1.54) is 5.56 Å². The molecule has 140 valence electrons. The normalized spacial score (nSPS) is 20.8. The Labute approximate surface area is 156 Å². The molecule has 0 bridgehead atoms. The van der Waals surface area contributed by atoms with Gasteiger partial charge in [0.25, 0.3) is 0 Å². The molecule has 0 aliphatic carbocycles. The van der Waals surface area contributed by atoms with Crippen molar-refractivity contribution in [2.75, 3.05) is 38.8 Å². The van der Waals surface area contributed by atoms with Crippen molar-refractivity contribution in [3.05, 3.63) is 48.2 Å². The third-order valence-electron chi connectivity index (χ3n) is 5.18. The van der Waals surface area contributed by atoms with Crippen LogP contribution in [0.4, 0.5) is 5.82 Å². The third-order valence-corrected chi connectivity index (χ3v) is 5.18. The van der Waals surface area contributed by atoms with Crippen LogP contribution in [0.1, 0.15) is 19.4 Å². The smallest absolute Gasteiger partial charge is 0.160 e. The highest BCUT2D eigenvalue weighted by Crippen LogP contribution is 2.28. The van der Waals surface area contributed by atoms with Gasteiger partial charge in [0.2, 0.25) is 0 Å². The Hall–Kier alpha value is -2.27. The van der Waals surface area contributed by atoms with Gasteiger partial charge in [-0.25, -0.2) is 4.98 Å². The molecule has 0 N–H and O–H groups in total. The summed E-state index contributed by atoms with van der Waals surface area (Å²) in [6, 6.07) is 13.3. The first kappa shape index (κ1) is 18.5. The molecule has 1 saturated heterocycles. The number of pyridine rings is 1. The fourth-order valence-corrected chi connectivity index (χ4v) is 3.82. The fourth-order valence-electron chi connectivity index (χ4n) is 3.82. The molecule has 5 nitrogen and oxygen atoms in total.